The van der Waals surface area contributed by atoms with E-state index in [1.54, 1.807) is 18.4 Å². The Bertz CT molecular complexity index is 503. The summed E-state index contributed by atoms with van der Waals surface area (Å²) in [6.45, 7) is 1.80. The first-order chi connectivity index (χ1) is 9.29. The molecule has 0 bridgehead atoms. The van der Waals surface area contributed by atoms with Gasteiger partial charge in [-0.05, 0) is 18.2 Å². The number of benzene rings is 1. The lowest BCUT2D eigenvalue weighted by atomic mass is 10.3. The van der Waals surface area contributed by atoms with E-state index in [9.17, 15) is 5.11 Å². The van der Waals surface area contributed by atoms with Gasteiger partial charge in [-0.3, -0.25) is 0 Å². The molecule has 0 saturated carbocycles. The number of aromatic nitrogens is 1. The molecule has 6 heteroatoms. The van der Waals surface area contributed by atoms with Crippen LogP contribution in [-0.4, -0.2) is 49.7 Å². The summed E-state index contributed by atoms with van der Waals surface area (Å²) in [5.41, 5.74) is 3.80. The van der Waals surface area contributed by atoms with E-state index < -0.39 is 6.10 Å². The Hall–Kier alpha value is -1.21. The number of thiazole rings is 1. The molecule has 2 rings (SSSR count). The second-order valence-corrected chi connectivity index (χ2v) is 5.02. The van der Waals surface area contributed by atoms with E-state index in [1.165, 1.54) is 0 Å². The van der Waals surface area contributed by atoms with Crippen LogP contribution in [0.15, 0.2) is 23.7 Å². The molecule has 104 valence electrons. The second kappa shape index (κ2) is 7.40. The molecular weight excluding hydrogens is 264 g/mol. The van der Waals surface area contributed by atoms with E-state index in [2.05, 4.69) is 10.3 Å². The van der Waals surface area contributed by atoms with Crippen molar-refractivity contribution in [2.75, 3.05) is 38.8 Å². The molecule has 1 aromatic carbocycles. The fourth-order valence-corrected chi connectivity index (χ4v) is 2.34. The Balaban J connectivity index is 1.74. The molecule has 0 fully saturated rings. The lowest BCUT2D eigenvalue weighted by molar-refractivity contribution is 0.0182. The van der Waals surface area contributed by atoms with Gasteiger partial charge in [0.15, 0.2) is 0 Å². The SMILES string of the molecule is COCCOCC(O)CNc1ccc2ncsc2c1. The highest BCUT2D eigenvalue weighted by molar-refractivity contribution is 7.16. The van der Waals surface area contributed by atoms with Crippen LogP contribution in [0.3, 0.4) is 0 Å². The molecule has 5 nitrogen and oxygen atoms in total. The van der Waals surface area contributed by atoms with Gasteiger partial charge in [0.05, 0.1) is 41.7 Å². The zero-order valence-electron chi connectivity index (χ0n) is 10.8. The summed E-state index contributed by atoms with van der Waals surface area (Å²) in [4.78, 5) is 4.22. The molecule has 1 aromatic heterocycles. The number of nitrogens with one attached hydrogen (secondary N) is 1. The Morgan fingerprint density at radius 2 is 2.32 bits per heavy atom. The van der Waals surface area contributed by atoms with Crippen LogP contribution in [0.5, 0.6) is 0 Å². The van der Waals surface area contributed by atoms with Crippen molar-refractivity contribution in [3.05, 3.63) is 23.7 Å². The maximum Gasteiger partial charge on any atom is 0.0945 e. The summed E-state index contributed by atoms with van der Waals surface area (Å²) in [5, 5.41) is 12.9. The minimum atomic E-state index is -0.533. The van der Waals surface area contributed by atoms with Gasteiger partial charge in [0.1, 0.15) is 0 Å². The minimum absolute atomic E-state index is 0.305. The van der Waals surface area contributed by atoms with Crippen molar-refractivity contribution < 1.29 is 14.6 Å². The number of methoxy groups -OCH3 is 1. The van der Waals surface area contributed by atoms with E-state index in [0.717, 1.165) is 15.9 Å². The van der Waals surface area contributed by atoms with Gasteiger partial charge in [-0.15, -0.1) is 11.3 Å². The predicted molar refractivity (Wildman–Crippen MR) is 76.8 cm³/mol. The Kier molecular flexibility index (Phi) is 5.53. The highest BCUT2D eigenvalue weighted by Gasteiger charge is 2.05. The van der Waals surface area contributed by atoms with Crippen molar-refractivity contribution in [2.24, 2.45) is 0 Å². The van der Waals surface area contributed by atoms with E-state index in [4.69, 9.17) is 9.47 Å². The molecule has 1 unspecified atom stereocenters. The van der Waals surface area contributed by atoms with E-state index >= 15 is 0 Å². The molecule has 19 heavy (non-hydrogen) atoms. The van der Waals surface area contributed by atoms with Crippen molar-refractivity contribution >= 4 is 27.2 Å². The Morgan fingerprint density at radius 3 is 3.16 bits per heavy atom. The van der Waals surface area contributed by atoms with Gasteiger partial charge in [-0.25, -0.2) is 4.98 Å². The number of ether oxygens (including phenoxy) is 2. The molecule has 0 spiro atoms. The monoisotopic (exact) mass is 282 g/mol. The highest BCUT2D eigenvalue weighted by Crippen LogP contribution is 2.21. The lowest BCUT2D eigenvalue weighted by Crippen LogP contribution is -2.25. The molecular formula is C13H18N2O3S. The fraction of sp³-hybridized carbons (Fsp3) is 0.462. The van der Waals surface area contributed by atoms with Gasteiger partial charge < -0.3 is 19.9 Å². The zero-order chi connectivity index (χ0) is 13.5. The quantitative estimate of drug-likeness (QED) is 0.722. The summed E-state index contributed by atoms with van der Waals surface area (Å²) in [7, 11) is 1.62. The molecule has 0 aliphatic rings. The van der Waals surface area contributed by atoms with Gasteiger partial charge in [0, 0.05) is 19.3 Å². The fourth-order valence-electron chi connectivity index (χ4n) is 1.62. The Labute approximate surface area is 116 Å². The summed E-state index contributed by atoms with van der Waals surface area (Å²) in [6, 6.07) is 5.96. The van der Waals surface area contributed by atoms with Crippen molar-refractivity contribution in [3.8, 4) is 0 Å². The van der Waals surface area contributed by atoms with Crippen molar-refractivity contribution in [2.45, 2.75) is 6.10 Å². The third kappa shape index (κ3) is 4.43. The molecule has 0 saturated heterocycles. The van der Waals surface area contributed by atoms with Gasteiger partial charge in [-0.2, -0.15) is 0 Å². The van der Waals surface area contributed by atoms with Gasteiger partial charge in [0.25, 0.3) is 0 Å². The molecule has 0 aliphatic heterocycles. The maximum absolute atomic E-state index is 9.75. The largest absolute Gasteiger partial charge is 0.389 e. The molecule has 1 atom stereocenters. The predicted octanol–water partition coefficient (Wildman–Crippen LogP) is 1.73. The number of aliphatic hydroxyl groups excluding tert-OH is 1. The van der Waals surface area contributed by atoms with Gasteiger partial charge >= 0.3 is 0 Å². The van der Waals surface area contributed by atoms with Gasteiger partial charge in [0.2, 0.25) is 0 Å². The smallest absolute Gasteiger partial charge is 0.0945 e. The Morgan fingerprint density at radius 1 is 1.42 bits per heavy atom. The summed E-state index contributed by atoms with van der Waals surface area (Å²) >= 11 is 1.60. The number of anilines is 1. The van der Waals surface area contributed by atoms with E-state index in [-0.39, 0.29) is 0 Å². The van der Waals surface area contributed by atoms with Crippen LogP contribution in [0, 0.1) is 0 Å². The van der Waals surface area contributed by atoms with Crippen LogP contribution in [0.2, 0.25) is 0 Å². The number of rotatable bonds is 8. The normalized spacial score (nSPS) is 12.7. The second-order valence-electron chi connectivity index (χ2n) is 4.14. The first-order valence-electron chi connectivity index (χ1n) is 6.11. The van der Waals surface area contributed by atoms with Crippen molar-refractivity contribution in [1.82, 2.24) is 4.98 Å². The molecule has 0 radical (unpaired) electrons. The summed E-state index contributed by atoms with van der Waals surface area (Å²) < 4.78 is 11.3. The van der Waals surface area contributed by atoms with Crippen LogP contribution in [0.1, 0.15) is 0 Å². The first-order valence-corrected chi connectivity index (χ1v) is 6.99. The molecule has 0 amide bonds. The average Bonchev–Trinajstić information content (AvgIpc) is 2.89. The number of nitrogens with zero attached hydrogens (tertiary/aromatic N) is 1. The standard InChI is InChI=1S/C13H18N2O3S/c1-17-4-5-18-8-11(16)7-14-10-2-3-12-13(6-10)19-9-15-12/h2-3,6,9,11,14,16H,4-5,7-8H2,1H3. The van der Waals surface area contributed by atoms with E-state index in [1.807, 2.05) is 23.7 Å². The first kappa shape index (κ1) is 14.2. The molecule has 1 heterocycles. The number of hydrogen-bond donors (Lipinski definition) is 2. The van der Waals surface area contributed by atoms with Gasteiger partial charge in [-0.1, -0.05) is 0 Å². The topological polar surface area (TPSA) is 63.6 Å². The lowest BCUT2D eigenvalue weighted by Gasteiger charge is -2.13. The number of aliphatic hydroxyl groups is 1. The molecule has 2 aromatic rings. The van der Waals surface area contributed by atoms with Crippen LogP contribution in [-0.2, 0) is 9.47 Å². The average molecular weight is 282 g/mol. The van der Waals surface area contributed by atoms with Crippen molar-refractivity contribution in [3.63, 3.8) is 0 Å². The van der Waals surface area contributed by atoms with Crippen LogP contribution in [0.25, 0.3) is 10.2 Å². The van der Waals surface area contributed by atoms with Crippen LogP contribution in [0.4, 0.5) is 5.69 Å². The van der Waals surface area contributed by atoms with Crippen molar-refractivity contribution in [1.29, 1.82) is 0 Å². The molecule has 0 aliphatic carbocycles. The van der Waals surface area contributed by atoms with Crippen LogP contribution < -0.4 is 5.32 Å². The third-order valence-corrected chi connectivity index (χ3v) is 3.41. The summed E-state index contributed by atoms with van der Waals surface area (Å²) in [5.74, 6) is 0. The molecule has 2 N–H and O–H groups in total. The minimum Gasteiger partial charge on any atom is -0.389 e. The maximum atomic E-state index is 9.75. The number of hydrogen-bond acceptors (Lipinski definition) is 6. The van der Waals surface area contributed by atoms with E-state index in [0.29, 0.717) is 26.4 Å². The number of fused-ring (bicyclic) bond motifs is 1. The highest BCUT2D eigenvalue weighted by atomic mass is 32.1. The third-order valence-electron chi connectivity index (χ3n) is 2.62. The van der Waals surface area contributed by atoms with Crippen LogP contribution >= 0.6 is 11.3 Å². The zero-order valence-corrected chi connectivity index (χ0v) is 11.7. The summed E-state index contributed by atoms with van der Waals surface area (Å²) in [6.07, 6.45) is -0.533.